The Morgan fingerprint density at radius 2 is 1.79 bits per heavy atom. The van der Waals surface area contributed by atoms with Gasteiger partial charge in [0, 0.05) is 35.7 Å². The van der Waals surface area contributed by atoms with Gasteiger partial charge in [-0.2, -0.15) is 5.26 Å². The third-order valence-electron chi connectivity index (χ3n) is 7.01. The number of carbonyl (C=O) groups excluding carboxylic acids is 3. The van der Waals surface area contributed by atoms with Gasteiger partial charge in [-0.1, -0.05) is 18.2 Å². The molecule has 2 fully saturated rings. The van der Waals surface area contributed by atoms with Crippen LogP contribution in [-0.4, -0.2) is 51.1 Å². The summed E-state index contributed by atoms with van der Waals surface area (Å²) in [6, 6.07) is 19.2. The minimum Gasteiger partial charge on any atom is -0.489 e. The predicted octanol–water partition coefficient (Wildman–Crippen LogP) is 5.20. The fourth-order valence-corrected chi connectivity index (χ4v) is 5.75. The van der Waals surface area contributed by atoms with Crippen LogP contribution >= 0.6 is 11.8 Å². The number of ether oxygens (including phenoxy) is 1. The molecule has 0 atom stereocenters. The summed E-state index contributed by atoms with van der Waals surface area (Å²) in [4.78, 5) is 41.1. The van der Waals surface area contributed by atoms with Gasteiger partial charge in [0.1, 0.15) is 18.9 Å². The molecule has 0 N–H and O–H groups in total. The minimum atomic E-state index is -0.429. The number of nitrogens with zero attached hydrogens (tertiary/aromatic N) is 4. The van der Waals surface area contributed by atoms with Crippen LogP contribution in [0.5, 0.6) is 5.75 Å². The maximum atomic E-state index is 13.0. The van der Waals surface area contributed by atoms with E-state index >= 15 is 0 Å². The average Bonchev–Trinajstić information content (AvgIpc) is 3.64. The Balaban J connectivity index is 1.30. The predicted molar refractivity (Wildman–Crippen MR) is 149 cm³/mol. The molecule has 3 heterocycles. The number of likely N-dealkylation sites (tertiary alicyclic amines) is 1. The number of rotatable bonds is 7. The minimum absolute atomic E-state index is 0.184. The molecule has 198 valence electrons. The van der Waals surface area contributed by atoms with E-state index in [0.29, 0.717) is 35.9 Å². The molecule has 0 bridgehead atoms. The van der Waals surface area contributed by atoms with Gasteiger partial charge in [-0.15, -0.1) is 0 Å². The lowest BCUT2D eigenvalue weighted by Crippen LogP contribution is -2.40. The molecular formula is C30H28N4O4S. The molecule has 1 aromatic heterocycles. The van der Waals surface area contributed by atoms with E-state index in [1.807, 2.05) is 62.4 Å². The number of hydrogen-bond acceptors (Lipinski definition) is 6. The number of thioether (sulfide) groups is 1. The van der Waals surface area contributed by atoms with E-state index in [0.717, 1.165) is 57.7 Å². The second kappa shape index (κ2) is 11.2. The number of benzene rings is 2. The molecule has 3 aromatic rings. The van der Waals surface area contributed by atoms with Crippen LogP contribution in [0.2, 0.25) is 0 Å². The van der Waals surface area contributed by atoms with Gasteiger partial charge >= 0.3 is 0 Å². The van der Waals surface area contributed by atoms with Crippen LogP contribution in [-0.2, 0) is 16.2 Å². The number of amides is 3. The molecule has 2 aliphatic rings. The molecule has 0 aliphatic carbocycles. The topological polar surface area (TPSA) is 95.6 Å². The molecule has 3 amide bonds. The highest BCUT2D eigenvalue weighted by molar-refractivity contribution is 8.18. The molecule has 0 saturated carbocycles. The first kappa shape index (κ1) is 26.3. The van der Waals surface area contributed by atoms with Gasteiger partial charge in [0.15, 0.2) is 0 Å². The van der Waals surface area contributed by atoms with Crippen molar-refractivity contribution in [2.45, 2.75) is 33.3 Å². The highest BCUT2D eigenvalue weighted by atomic mass is 32.2. The summed E-state index contributed by atoms with van der Waals surface area (Å²) in [5.74, 6) is 0.0732. The maximum absolute atomic E-state index is 13.0. The lowest BCUT2D eigenvalue weighted by molar-refractivity contribution is -0.135. The van der Waals surface area contributed by atoms with Crippen LogP contribution in [0.1, 0.15) is 40.9 Å². The van der Waals surface area contributed by atoms with E-state index in [1.54, 1.807) is 17.0 Å². The van der Waals surface area contributed by atoms with Crippen LogP contribution < -0.4 is 4.74 Å². The zero-order chi connectivity index (χ0) is 27.5. The van der Waals surface area contributed by atoms with Crippen molar-refractivity contribution in [3.8, 4) is 17.5 Å². The first-order chi connectivity index (χ1) is 18.9. The molecule has 2 saturated heterocycles. The summed E-state index contributed by atoms with van der Waals surface area (Å²) in [6.07, 6.45) is 3.64. The van der Waals surface area contributed by atoms with Crippen LogP contribution in [0, 0.1) is 25.2 Å². The Labute approximate surface area is 231 Å². The van der Waals surface area contributed by atoms with Gasteiger partial charge < -0.3 is 14.2 Å². The number of hydrogen-bond donors (Lipinski definition) is 0. The smallest absolute Gasteiger partial charge is 0.294 e. The number of aryl methyl sites for hydroxylation is 1. The third kappa shape index (κ3) is 5.47. The second-order valence-electron chi connectivity index (χ2n) is 9.57. The summed E-state index contributed by atoms with van der Waals surface area (Å²) >= 11 is 0.871. The Kier molecular flexibility index (Phi) is 7.57. The quantitative estimate of drug-likeness (QED) is 0.382. The summed E-state index contributed by atoms with van der Waals surface area (Å²) in [7, 11) is 0. The van der Waals surface area contributed by atoms with Crippen molar-refractivity contribution in [3.63, 3.8) is 0 Å². The molecule has 0 radical (unpaired) electrons. The van der Waals surface area contributed by atoms with Crippen molar-refractivity contribution in [2.75, 3.05) is 19.6 Å². The number of nitriles is 1. The fraction of sp³-hybridized carbons (Fsp3) is 0.267. The van der Waals surface area contributed by atoms with E-state index in [4.69, 9.17) is 4.74 Å². The Morgan fingerprint density at radius 1 is 1.08 bits per heavy atom. The van der Waals surface area contributed by atoms with Crippen LogP contribution in [0.3, 0.4) is 0 Å². The van der Waals surface area contributed by atoms with Crippen molar-refractivity contribution in [2.24, 2.45) is 0 Å². The molecule has 39 heavy (non-hydrogen) atoms. The lowest BCUT2D eigenvalue weighted by Gasteiger charge is -2.18. The first-order valence-electron chi connectivity index (χ1n) is 12.8. The zero-order valence-electron chi connectivity index (χ0n) is 21.8. The second-order valence-corrected chi connectivity index (χ2v) is 10.6. The molecular weight excluding hydrogens is 512 g/mol. The normalized spacial score (nSPS) is 16.3. The zero-order valence-corrected chi connectivity index (χ0v) is 22.7. The van der Waals surface area contributed by atoms with Gasteiger partial charge in [0.05, 0.1) is 16.5 Å². The Hall–Kier alpha value is -4.29. The Bertz CT molecular complexity index is 1510. The third-order valence-corrected chi connectivity index (χ3v) is 7.92. The standard InChI is InChI=1S/C30H28N4O4S/c1-20-15-24(16-27-29(36)33(30(37)39-27)18-28(35)32-13-5-6-14-32)21(2)34(20)25-9-11-26(12-10-25)38-19-23-8-4-3-7-22(23)17-31/h3-4,7-12,15-16H,5-6,13-14,18-19H2,1-2H3/b27-16+. The van der Waals surface area contributed by atoms with Gasteiger partial charge in [0.2, 0.25) is 5.91 Å². The molecule has 2 aliphatic heterocycles. The van der Waals surface area contributed by atoms with Gasteiger partial charge in [-0.05, 0) is 86.5 Å². The SMILES string of the molecule is Cc1cc(/C=C2/SC(=O)N(CC(=O)N3CCCC3)C2=O)c(C)n1-c1ccc(OCc2ccccc2C#N)cc1. The molecule has 9 heteroatoms. The van der Waals surface area contributed by atoms with Crippen molar-refractivity contribution in [3.05, 3.63) is 87.6 Å². The highest BCUT2D eigenvalue weighted by Crippen LogP contribution is 2.34. The Morgan fingerprint density at radius 3 is 2.51 bits per heavy atom. The van der Waals surface area contributed by atoms with Crippen molar-refractivity contribution >= 4 is 34.9 Å². The molecule has 0 unspecified atom stereocenters. The molecule has 5 rings (SSSR count). The van der Waals surface area contributed by atoms with Gasteiger partial charge in [-0.3, -0.25) is 19.3 Å². The van der Waals surface area contributed by atoms with E-state index in [-0.39, 0.29) is 12.5 Å². The summed E-state index contributed by atoms with van der Waals surface area (Å²) in [5.41, 5.74) is 5.07. The average molecular weight is 541 g/mol. The number of aromatic nitrogens is 1. The summed E-state index contributed by atoms with van der Waals surface area (Å²) in [6.45, 7) is 5.39. The summed E-state index contributed by atoms with van der Waals surface area (Å²) < 4.78 is 7.97. The van der Waals surface area contributed by atoms with E-state index in [9.17, 15) is 19.6 Å². The van der Waals surface area contributed by atoms with Crippen LogP contribution in [0.25, 0.3) is 11.8 Å². The van der Waals surface area contributed by atoms with Gasteiger partial charge in [-0.25, -0.2) is 0 Å². The van der Waals surface area contributed by atoms with Crippen LogP contribution in [0.15, 0.2) is 59.5 Å². The first-order valence-corrected chi connectivity index (χ1v) is 13.6. The van der Waals surface area contributed by atoms with E-state index < -0.39 is 11.1 Å². The highest BCUT2D eigenvalue weighted by Gasteiger charge is 2.37. The number of carbonyl (C=O) groups is 3. The largest absolute Gasteiger partial charge is 0.489 e. The van der Waals surface area contributed by atoms with Crippen molar-refractivity contribution in [1.29, 1.82) is 5.26 Å². The number of imide groups is 1. The maximum Gasteiger partial charge on any atom is 0.294 e. The monoisotopic (exact) mass is 540 g/mol. The fourth-order valence-electron chi connectivity index (χ4n) is 4.92. The lowest BCUT2D eigenvalue weighted by atomic mass is 10.1. The molecule has 0 spiro atoms. The van der Waals surface area contributed by atoms with E-state index in [1.165, 1.54) is 0 Å². The summed E-state index contributed by atoms with van der Waals surface area (Å²) in [5, 5.41) is 8.85. The van der Waals surface area contributed by atoms with Crippen LogP contribution in [0.4, 0.5) is 4.79 Å². The molecule has 8 nitrogen and oxygen atoms in total. The van der Waals surface area contributed by atoms with Gasteiger partial charge in [0.25, 0.3) is 11.1 Å². The van der Waals surface area contributed by atoms with E-state index in [2.05, 4.69) is 10.6 Å². The van der Waals surface area contributed by atoms with Crippen molar-refractivity contribution < 1.29 is 19.1 Å². The molecule has 2 aromatic carbocycles. The van der Waals surface area contributed by atoms with Crippen molar-refractivity contribution in [1.82, 2.24) is 14.4 Å².